The molecular weight excluding hydrogens is 362 g/mol. The molecule has 1 amide bonds. The van der Waals surface area contributed by atoms with Crippen molar-refractivity contribution in [2.24, 2.45) is 0 Å². The second-order valence-electron chi connectivity index (χ2n) is 7.38. The van der Waals surface area contributed by atoms with E-state index in [1.165, 1.54) is 30.0 Å². The van der Waals surface area contributed by atoms with Crippen LogP contribution in [0.15, 0.2) is 29.2 Å². The molecule has 27 heavy (non-hydrogen) atoms. The number of benzene rings is 1. The highest BCUT2D eigenvalue weighted by atomic mass is 32.2. The van der Waals surface area contributed by atoms with Crippen molar-refractivity contribution in [2.75, 3.05) is 39.3 Å². The monoisotopic (exact) mass is 393 g/mol. The third-order valence-electron chi connectivity index (χ3n) is 5.89. The van der Waals surface area contributed by atoms with Gasteiger partial charge in [-0.05, 0) is 37.1 Å². The number of sulfonamides is 1. The van der Waals surface area contributed by atoms with Crippen molar-refractivity contribution in [1.29, 1.82) is 0 Å². The fraction of sp³-hybridized carbons (Fsp3) is 0.650. The van der Waals surface area contributed by atoms with E-state index in [4.69, 9.17) is 0 Å². The predicted molar refractivity (Wildman–Crippen MR) is 106 cm³/mol. The minimum atomic E-state index is -3.48. The van der Waals surface area contributed by atoms with E-state index < -0.39 is 10.0 Å². The van der Waals surface area contributed by atoms with E-state index in [0.29, 0.717) is 24.7 Å². The van der Waals surface area contributed by atoms with Crippen molar-refractivity contribution in [3.8, 4) is 0 Å². The number of hydrogen-bond acceptors (Lipinski definition) is 4. The minimum Gasteiger partial charge on any atom is -0.336 e. The number of carbonyl (C=O) groups excluding carboxylic acids is 1. The van der Waals surface area contributed by atoms with Gasteiger partial charge in [0.05, 0.1) is 4.90 Å². The Morgan fingerprint density at radius 3 is 2.07 bits per heavy atom. The average Bonchev–Trinajstić information content (AvgIpc) is 3.23. The summed E-state index contributed by atoms with van der Waals surface area (Å²) in [5, 5.41) is 0. The highest BCUT2D eigenvalue weighted by molar-refractivity contribution is 7.89. The van der Waals surface area contributed by atoms with Gasteiger partial charge in [-0.3, -0.25) is 9.69 Å². The Hall–Kier alpha value is -1.44. The summed E-state index contributed by atoms with van der Waals surface area (Å²) < 4.78 is 26.6. The molecule has 0 bridgehead atoms. The third kappa shape index (κ3) is 4.36. The molecular formula is C20H31N3O3S. The van der Waals surface area contributed by atoms with E-state index in [-0.39, 0.29) is 10.8 Å². The minimum absolute atomic E-state index is 0.00661. The molecule has 0 N–H and O–H groups in total. The molecule has 0 aromatic heterocycles. The van der Waals surface area contributed by atoms with Crippen LogP contribution < -0.4 is 0 Å². The van der Waals surface area contributed by atoms with Crippen LogP contribution in [0.5, 0.6) is 0 Å². The first-order chi connectivity index (χ1) is 13.0. The number of nitrogens with zero attached hydrogens (tertiary/aromatic N) is 3. The summed E-state index contributed by atoms with van der Waals surface area (Å²) >= 11 is 0. The summed E-state index contributed by atoms with van der Waals surface area (Å²) in [6.07, 6.45) is 5.23. The van der Waals surface area contributed by atoms with Gasteiger partial charge in [-0.15, -0.1) is 0 Å². The van der Waals surface area contributed by atoms with Crippen LogP contribution in [-0.4, -0.2) is 73.7 Å². The molecule has 1 heterocycles. The summed E-state index contributed by atoms with van der Waals surface area (Å²) in [4.78, 5) is 17.4. The zero-order valence-corrected chi connectivity index (χ0v) is 17.2. The largest absolute Gasteiger partial charge is 0.336 e. The van der Waals surface area contributed by atoms with Crippen molar-refractivity contribution in [2.45, 2.75) is 50.5 Å². The Kier molecular flexibility index (Phi) is 6.55. The maximum atomic E-state index is 12.8. The molecule has 2 fully saturated rings. The predicted octanol–water partition coefficient (Wildman–Crippen LogP) is 2.42. The zero-order chi connectivity index (χ0) is 19.4. The summed E-state index contributed by atoms with van der Waals surface area (Å²) in [5.41, 5.74) is 0.558. The van der Waals surface area contributed by atoms with Gasteiger partial charge in [0.15, 0.2) is 0 Å². The van der Waals surface area contributed by atoms with Crippen LogP contribution in [0.2, 0.25) is 0 Å². The van der Waals surface area contributed by atoms with Gasteiger partial charge >= 0.3 is 0 Å². The topological polar surface area (TPSA) is 60.9 Å². The molecule has 1 aliphatic carbocycles. The van der Waals surface area contributed by atoms with Crippen LogP contribution in [0.25, 0.3) is 0 Å². The summed E-state index contributed by atoms with van der Waals surface area (Å²) in [5.74, 6) is -0.00661. The van der Waals surface area contributed by atoms with Gasteiger partial charge in [-0.25, -0.2) is 8.42 Å². The van der Waals surface area contributed by atoms with E-state index in [2.05, 4.69) is 4.90 Å². The van der Waals surface area contributed by atoms with Gasteiger partial charge in [-0.2, -0.15) is 4.31 Å². The number of amides is 1. The first-order valence-electron chi connectivity index (χ1n) is 10.1. The average molecular weight is 394 g/mol. The number of rotatable bonds is 6. The number of piperazine rings is 1. The highest BCUT2D eigenvalue weighted by Gasteiger charge is 2.28. The maximum Gasteiger partial charge on any atom is 0.253 e. The third-order valence-corrected chi connectivity index (χ3v) is 7.95. The van der Waals surface area contributed by atoms with Gasteiger partial charge in [0.25, 0.3) is 5.91 Å². The molecule has 0 radical (unpaired) electrons. The van der Waals surface area contributed by atoms with Gasteiger partial charge < -0.3 is 4.90 Å². The fourth-order valence-corrected chi connectivity index (χ4v) is 5.68. The van der Waals surface area contributed by atoms with E-state index >= 15 is 0 Å². The molecule has 7 heteroatoms. The zero-order valence-electron chi connectivity index (χ0n) is 16.4. The Labute approximate surface area is 163 Å². The normalized spacial score (nSPS) is 19.7. The van der Waals surface area contributed by atoms with Gasteiger partial charge in [0.1, 0.15) is 0 Å². The summed E-state index contributed by atoms with van der Waals surface area (Å²) in [6.45, 7) is 7.88. The van der Waals surface area contributed by atoms with Gasteiger partial charge in [0.2, 0.25) is 10.0 Å². The first-order valence-corrected chi connectivity index (χ1v) is 11.5. The van der Waals surface area contributed by atoms with Crippen LogP contribution in [-0.2, 0) is 10.0 Å². The second kappa shape index (κ2) is 8.71. The van der Waals surface area contributed by atoms with Gasteiger partial charge in [-0.1, -0.05) is 26.7 Å². The SMILES string of the molecule is CCN(CC)S(=O)(=O)c1ccc(C(=O)N2CCN(C3CCCC3)CC2)cc1. The Bertz CT molecular complexity index is 730. The Morgan fingerprint density at radius 1 is 1.00 bits per heavy atom. The fourth-order valence-electron chi connectivity index (χ4n) is 4.22. The lowest BCUT2D eigenvalue weighted by molar-refractivity contribution is 0.0573. The van der Waals surface area contributed by atoms with Crippen molar-refractivity contribution < 1.29 is 13.2 Å². The summed E-state index contributed by atoms with van der Waals surface area (Å²) in [6, 6.07) is 7.09. The molecule has 0 unspecified atom stereocenters. The Balaban J connectivity index is 1.63. The lowest BCUT2D eigenvalue weighted by Crippen LogP contribution is -2.51. The second-order valence-corrected chi connectivity index (χ2v) is 9.32. The van der Waals surface area contributed by atoms with E-state index in [1.54, 1.807) is 24.3 Å². The van der Waals surface area contributed by atoms with Crippen molar-refractivity contribution >= 4 is 15.9 Å². The molecule has 1 saturated carbocycles. The maximum absolute atomic E-state index is 12.8. The molecule has 6 nitrogen and oxygen atoms in total. The lowest BCUT2D eigenvalue weighted by atomic mass is 10.1. The van der Waals surface area contributed by atoms with Crippen molar-refractivity contribution in [1.82, 2.24) is 14.1 Å². The summed E-state index contributed by atoms with van der Waals surface area (Å²) in [7, 11) is -3.48. The number of hydrogen-bond donors (Lipinski definition) is 0. The van der Waals surface area contributed by atoms with Gasteiger partial charge in [0, 0.05) is 50.9 Å². The molecule has 2 aliphatic rings. The molecule has 1 aliphatic heterocycles. The van der Waals surface area contributed by atoms with Crippen molar-refractivity contribution in [3.05, 3.63) is 29.8 Å². The highest BCUT2D eigenvalue weighted by Crippen LogP contribution is 2.25. The molecule has 3 rings (SSSR count). The van der Waals surface area contributed by atoms with E-state index in [0.717, 1.165) is 26.2 Å². The van der Waals surface area contributed by atoms with Crippen LogP contribution in [0.1, 0.15) is 49.9 Å². The lowest BCUT2D eigenvalue weighted by Gasteiger charge is -2.38. The quantitative estimate of drug-likeness (QED) is 0.745. The number of carbonyl (C=O) groups is 1. The molecule has 1 aromatic carbocycles. The van der Waals surface area contributed by atoms with Crippen LogP contribution in [0, 0.1) is 0 Å². The molecule has 0 spiro atoms. The molecule has 1 saturated heterocycles. The molecule has 0 atom stereocenters. The van der Waals surface area contributed by atoms with Crippen LogP contribution in [0.4, 0.5) is 0 Å². The standard InChI is InChI=1S/C20H31N3O3S/c1-3-23(4-2)27(25,26)19-11-9-17(10-12-19)20(24)22-15-13-21(14-16-22)18-7-5-6-8-18/h9-12,18H,3-8,13-16H2,1-2H3. The van der Waals surface area contributed by atoms with Crippen molar-refractivity contribution in [3.63, 3.8) is 0 Å². The smallest absolute Gasteiger partial charge is 0.253 e. The Morgan fingerprint density at radius 2 is 1.56 bits per heavy atom. The van der Waals surface area contributed by atoms with E-state index in [1.807, 2.05) is 18.7 Å². The molecule has 150 valence electrons. The first kappa shape index (κ1) is 20.3. The van der Waals surface area contributed by atoms with E-state index in [9.17, 15) is 13.2 Å². The molecule has 1 aromatic rings. The van der Waals surface area contributed by atoms with Crippen LogP contribution in [0.3, 0.4) is 0 Å². The van der Waals surface area contributed by atoms with Crippen LogP contribution >= 0.6 is 0 Å².